The number of anilines is 2. The standard InChI is InChI=1S/C22H23N3O2/c26-21-9-7-16-14-19(25-12-10-23-11-13-25)8-6-17(16)15-20(21)22(27)24-18-4-2-1-3-5-18/h1-6,8,14-15,23H,7,9-13H2,(H,24,27). The normalized spacial score (nSPS) is 17.0. The Morgan fingerprint density at radius 2 is 1.78 bits per heavy atom. The summed E-state index contributed by atoms with van der Waals surface area (Å²) < 4.78 is 0. The van der Waals surface area contributed by atoms with Crippen molar-refractivity contribution in [3.05, 3.63) is 65.2 Å². The molecule has 0 unspecified atom stereocenters. The molecule has 0 atom stereocenters. The Balaban J connectivity index is 1.59. The summed E-state index contributed by atoms with van der Waals surface area (Å²) in [5.74, 6) is -0.450. The molecule has 2 aromatic carbocycles. The number of carbonyl (C=O) groups excluding carboxylic acids is 2. The summed E-state index contributed by atoms with van der Waals surface area (Å²) in [6.07, 6.45) is 2.75. The lowest BCUT2D eigenvalue weighted by atomic mass is 10.0. The first-order chi connectivity index (χ1) is 13.2. The SMILES string of the molecule is O=C1CCc2cc(N3CCNCC3)ccc2C=C1C(=O)Nc1ccccc1. The minimum absolute atomic E-state index is 0.108. The van der Waals surface area contributed by atoms with Gasteiger partial charge in [-0.1, -0.05) is 24.3 Å². The number of Topliss-reactive ketones (excluding diaryl/α,β-unsaturated/α-hetero) is 1. The van der Waals surface area contributed by atoms with Gasteiger partial charge in [-0.3, -0.25) is 9.59 Å². The van der Waals surface area contributed by atoms with Crippen molar-refractivity contribution in [2.75, 3.05) is 36.4 Å². The third kappa shape index (κ3) is 3.93. The van der Waals surface area contributed by atoms with Crippen LogP contribution in [0.5, 0.6) is 0 Å². The fraction of sp³-hybridized carbons (Fsp3) is 0.273. The van der Waals surface area contributed by atoms with E-state index in [1.54, 1.807) is 6.08 Å². The number of hydrogen-bond acceptors (Lipinski definition) is 4. The van der Waals surface area contributed by atoms with Crippen LogP contribution in [0.3, 0.4) is 0 Å². The summed E-state index contributed by atoms with van der Waals surface area (Å²) in [7, 11) is 0. The highest BCUT2D eigenvalue weighted by atomic mass is 16.2. The fourth-order valence-corrected chi connectivity index (χ4v) is 3.60. The van der Waals surface area contributed by atoms with Crippen molar-refractivity contribution in [3.63, 3.8) is 0 Å². The van der Waals surface area contributed by atoms with Gasteiger partial charge < -0.3 is 15.5 Å². The molecule has 5 heteroatoms. The van der Waals surface area contributed by atoms with Crippen molar-refractivity contribution in [1.82, 2.24) is 5.32 Å². The Hall–Kier alpha value is -2.92. The molecule has 0 bridgehead atoms. The molecule has 1 saturated heterocycles. The summed E-state index contributed by atoms with van der Waals surface area (Å²) in [6.45, 7) is 3.94. The van der Waals surface area contributed by atoms with Gasteiger partial charge in [-0.25, -0.2) is 0 Å². The van der Waals surface area contributed by atoms with E-state index in [1.807, 2.05) is 36.4 Å². The number of hydrogen-bond donors (Lipinski definition) is 2. The Morgan fingerprint density at radius 1 is 1.00 bits per heavy atom. The van der Waals surface area contributed by atoms with E-state index in [4.69, 9.17) is 0 Å². The minimum Gasteiger partial charge on any atom is -0.369 e. The van der Waals surface area contributed by atoms with Crippen LogP contribution in [0, 0.1) is 0 Å². The number of amides is 1. The molecule has 1 fully saturated rings. The summed E-state index contributed by atoms with van der Waals surface area (Å²) in [4.78, 5) is 27.6. The number of nitrogens with one attached hydrogen (secondary N) is 2. The predicted octanol–water partition coefficient (Wildman–Crippen LogP) is 2.63. The van der Waals surface area contributed by atoms with Crippen molar-refractivity contribution < 1.29 is 9.59 Å². The van der Waals surface area contributed by atoms with Crippen molar-refractivity contribution >= 4 is 29.1 Å². The molecule has 0 spiro atoms. The molecule has 4 rings (SSSR count). The van der Waals surface area contributed by atoms with E-state index in [9.17, 15) is 9.59 Å². The average Bonchev–Trinajstić information content (AvgIpc) is 2.88. The molecule has 2 N–H and O–H groups in total. The molecule has 0 radical (unpaired) electrons. The molecule has 0 aromatic heterocycles. The van der Waals surface area contributed by atoms with Crippen LogP contribution in [0.25, 0.3) is 6.08 Å². The van der Waals surface area contributed by atoms with Crippen LogP contribution in [0.15, 0.2) is 54.1 Å². The van der Waals surface area contributed by atoms with Gasteiger partial charge >= 0.3 is 0 Å². The maximum Gasteiger partial charge on any atom is 0.259 e. The lowest BCUT2D eigenvalue weighted by Gasteiger charge is -2.30. The Kier molecular flexibility index (Phi) is 5.03. The third-order valence-electron chi connectivity index (χ3n) is 5.11. The van der Waals surface area contributed by atoms with Crippen molar-refractivity contribution in [2.45, 2.75) is 12.8 Å². The molecule has 1 aliphatic heterocycles. The van der Waals surface area contributed by atoms with Crippen molar-refractivity contribution in [3.8, 4) is 0 Å². The highest BCUT2D eigenvalue weighted by molar-refractivity contribution is 6.26. The second kappa shape index (κ2) is 7.76. The molecule has 1 amide bonds. The topological polar surface area (TPSA) is 61.4 Å². The number of ketones is 1. The Bertz CT molecular complexity index is 884. The minimum atomic E-state index is -0.342. The largest absolute Gasteiger partial charge is 0.369 e. The van der Waals surface area contributed by atoms with E-state index in [-0.39, 0.29) is 17.3 Å². The summed E-state index contributed by atoms with van der Waals surface area (Å²) >= 11 is 0. The molecular weight excluding hydrogens is 338 g/mol. The van der Waals surface area contributed by atoms with E-state index in [0.29, 0.717) is 18.5 Å². The first-order valence-corrected chi connectivity index (χ1v) is 9.40. The maximum atomic E-state index is 12.6. The smallest absolute Gasteiger partial charge is 0.259 e. The first kappa shape index (κ1) is 17.5. The van der Waals surface area contributed by atoms with Gasteiger partial charge in [-0.2, -0.15) is 0 Å². The van der Waals surface area contributed by atoms with Gasteiger partial charge in [0.2, 0.25) is 0 Å². The number of piperazine rings is 1. The van der Waals surface area contributed by atoms with Crippen LogP contribution in [0.1, 0.15) is 17.5 Å². The molecular formula is C22H23N3O2. The monoisotopic (exact) mass is 361 g/mol. The van der Waals surface area contributed by atoms with Crippen LogP contribution < -0.4 is 15.5 Å². The quantitative estimate of drug-likeness (QED) is 0.825. The van der Waals surface area contributed by atoms with Gasteiger partial charge in [0.25, 0.3) is 5.91 Å². The Labute approximate surface area is 159 Å². The summed E-state index contributed by atoms with van der Waals surface area (Å²) in [5.41, 5.74) is 4.19. The van der Waals surface area contributed by atoms with E-state index < -0.39 is 0 Å². The predicted molar refractivity (Wildman–Crippen MR) is 108 cm³/mol. The summed E-state index contributed by atoms with van der Waals surface area (Å²) in [6, 6.07) is 15.5. The van der Waals surface area contributed by atoms with Crippen LogP contribution in [-0.4, -0.2) is 37.9 Å². The van der Waals surface area contributed by atoms with E-state index in [0.717, 1.165) is 37.3 Å². The van der Waals surface area contributed by atoms with E-state index >= 15 is 0 Å². The average molecular weight is 361 g/mol. The maximum absolute atomic E-state index is 12.6. The molecule has 2 aliphatic rings. The Morgan fingerprint density at radius 3 is 2.56 bits per heavy atom. The van der Waals surface area contributed by atoms with Gasteiger partial charge in [0.1, 0.15) is 0 Å². The highest BCUT2D eigenvalue weighted by Crippen LogP contribution is 2.27. The van der Waals surface area contributed by atoms with Crippen molar-refractivity contribution in [2.24, 2.45) is 0 Å². The number of aryl methyl sites for hydroxylation is 1. The van der Waals surface area contributed by atoms with Crippen molar-refractivity contribution in [1.29, 1.82) is 0 Å². The molecule has 2 aromatic rings. The zero-order valence-corrected chi connectivity index (χ0v) is 15.2. The highest BCUT2D eigenvalue weighted by Gasteiger charge is 2.23. The number of rotatable bonds is 3. The number of benzene rings is 2. The van der Waals surface area contributed by atoms with Gasteiger partial charge in [0, 0.05) is 44.0 Å². The third-order valence-corrected chi connectivity index (χ3v) is 5.11. The molecule has 27 heavy (non-hydrogen) atoms. The number of nitrogens with zero attached hydrogens (tertiary/aromatic N) is 1. The second-order valence-electron chi connectivity index (χ2n) is 6.92. The van der Waals surface area contributed by atoms with Gasteiger partial charge in [-0.15, -0.1) is 0 Å². The molecule has 1 aliphatic carbocycles. The zero-order valence-electron chi connectivity index (χ0n) is 15.2. The molecule has 1 heterocycles. The van der Waals surface area contributed by atoms with Crippen LogP contribution in [0.4, 0.5) is 11.4 Å². The van der Waals surface area contributed by atoms with Gasteiger partial charge in [-0.05, 0) is 47.9 Å². The van der Waals surface area contributed by atoms with Crippen LogP contribution >= 0.6 is 0 Å². The van der Waals surface area contributed by atoms with Crippen LogP contribution in [-0.2, 0) is 16.0 Å². The second-order valence-corrected chi connectivity index (χ2v) is 6.92. The number of para-hydroxylation sites is 1. The fourth-order valence-electron chi connectivity index (χ4n) is 3.60. The van der Waals surface area contributed by atoms with Gasteiger partial charge in [0.05, 0.1) is 5.57 Å². The summed E-state index contributed by atoms with van der Waals surface area (Å²) in [5, 5.41) is 6.18. The van der Waals surface area contributed by atoms with Gasteiger partial charge in [0.15, 0.2) is 5.78 Å². The van der Waals surface area contributed by atoms with E-state index in [1.165, 1.54) is 5.69 Å². The number of carbonyl (C=O) groups is 2. The van der Waals surface area contributed by atoms with Crippen LogP contribution in [0.2, 0.25) is 0 Å². The first-order valence-electron chi connectivity index (χ1n) is 9.40. The zero-order chi connectivity index (χ0) is 18.6. The van der Waals surface area contributed by atoms with E-state index in [2.05, 4.69) is 27.7 Å². The molecule has 5 nitrogen and oxygen atoms in total. The molecule has 0 saturated carbocycles. The lowest BCUT2D eigenvalue weighted by molar-refractivity contribution is -0.119. The lowest BCUT2D eigenvalue weighted by Crippen LogP contribution is -2.43. The number of fused-ring (bicyclic) bond motifs is 1. The molecule has 138 valence electrons.